The molecule has 4 aromatic rings. The van der Waals surface area contributed by atoms with Crippen LogP contribution < -0.4 is 0 Å². The van der Waals surface area contributed by atoms with Crippen LogP contribution in [0.25, 0.3) is 32.2 Å². The van der Waals surface area contributed by atoms with E-state index in [9.17, 15) is 5.11 Å². The van der Waals surface area contributed by atoms with E-state index in [4.69, 9.17) is 9.72 Å². The molecule has 0 saturated heterocycles. The zero-order valence-electron chi connectivity index (χ0n) is 18.2. The first kappa shape index (κ1) is 20.2. The molecular weight excluding hydrogens is 406 g/mol. The van der Waals surface area contributed by atoms with Gasteiger partial charge in [-0.3, -0.25) is 4.68 Å². The number of fused-ring (bicyclic) bond motifs is 4. The van der Waals surface area contributed by atoms with E-state index in [1.54, 1.807) is 0 Å². The van der Waals surface area contributed by atoms with Crippen molar-refractivity contribution >= 4 is 32.5 Å². The summed E-state index contributed by atoms with van der Waals surface area (Å²) in [5, 5.41) is 17.2. The molecule has 6 heteroatoms. The Morgan fingerprint density at radius 2 is 2.13 bits per heavy atom. The Kier molecular flexibility index (Phi) is 5.07. The lowest BCUT2D eigenvalue weighted by Gasteiger charge is -2.23. The Bertz CT molecular complexity index is 1320. The first-order valence-electron chi connectivity index (χ1n) is 10.9. The second-order valence-corrected chi connectivity index (χ2v) is 9.33. The van der Waals surface area contributed by atoms with Gasteiger partial charge in [0.2, 0.25) is 0 Å². The number of aryl methyl sites for hydroxylation is 4. The molecule has 1 aliphatic rings. The number of aliphatic hydroxyl groups excluding tert-OH is 1. The molecule has 0 radical (unpaired) electrons. The van der Waals surface area contributed by atoms with Gasteiger partial charge in [0, 0.05) is 46.1 Å². The maximum absolute atomic E-state index is 10.5. The highest BCUT2D eigenvalue weighted by atomic mass is 32.1. The van der Waals surface area contributed by atoms with Crippen molar-refractivity contribution in [2.75, 3.05) is 6.61 Å². The molecule has 0 amide bonds. The van der Waals surface area contributed by atoms with Crippen molar-refractivity contribution in [1.29, 1.82) is 0 Å². The van der Waals surface area contributed by atoms with E-state index >= 15 is 0 Å². The molecular formula is C25H27N3O2S. The summed E-state index contributed by atoms with van der Waals surface area (Å²) in [6, 6.07) is 6.46. The first-order chi connectivity index (χ1) is 15.0. The Morgan fingerprint density at radius 3 is 2.90 bits per heavy atom. The van der Waals surface area contributed by atoms with Gasteiger partial charge in [0.05, 0.1) is 11.7 Å². The van der Waals surface area contributed by atoms with E-state index < -0.39 is 6.10 Å². The summed E-state index contributed by atoms with van der Waals surface area (Å²) in [7, 11) is 1.96. The van der Waals surface area contributed by atoms with Crippen LogP contribution in [0.1, 0.15) is 47.6 Å². The molecule has 3 aromatic heterocycles. The van der Waals surface area contributed by atoms with Gasteiger partial charge in [0.25, 0.3) is 0 Å². The number of thiophene rings is 1. The Morgan fingerprint density at radius 1 is 1.32 bits per heavy atom. The fourth-order valence-corrected chi connectivity index (χ4v) is 6.17. The minimum Gasteiger partial charge on any atom is -0.510 e. The summed E-state index contributed by atoms with van der Waals surface area (Å²) in [5.41, 5.74) is 6.48. The SMILES string of the molecule is C=C(O)[C@@H](OCC)c1c(C)nc2sc3c(c2c1-c1ccc2cnn(C)c2c1)CCCC3. The van der Waals surface area contributed by atoms with E-state index in [1.165, 1.54) is 28.7 Å². The monoisotopic (exact) mass is 433 g/mol. The number of hydrogen-bond acceptors (Lipinski definition) is 5. The van der Waals surface area contributed by atoms with Crippen molar-refractivity contribution in [3.05, 3.63) is 58.4 Å². The van der Waals surface area contributed by atoms with Crippen LogP contribution in [-0.4, -0.2) is 26.5 Å². The smallest absolute Gasteiger partial charge is 0.141 e. The number of pyridine rings is 1. The number of rotatable bonds is 5. The predicted octanol–water partition coefficient (Wildman–Crippen LogP) is 6.19. The summed E-state index contributed by atoms with van der Waals surface area (Å²) in [6.07, 6.45) is 5.89. The maximum Gasteiger partial charge on any atom is 0.141 e. The minimum absolute atomic E-state index is 0.0121. The van der Waals surface area contributed by atoms with Gasteiger partial charge in [0.1, 0.15) is 16.7 Å². The Labute approximate surface area is 186 Å². The molecule has 1 atom stereocenters. The number of aromatic nitrogens is 3. The summed E-state index contributed by atoms with van der Waals surface area (Å²) in [4.78, 5) is 7.52. The van der Waals surface area contributed by atoms with Gasteiger partial charge < -0.3 is 9.84 Å². The van der Waals surface area contributed by atoms with Gasteiger partial charge in [-0.25, -0.2) is 4.98 Å². The summed E-state index contributed by atoms with van der Waals surface area (Å²) >= 11 is 1.82. The molecule has 0 bridgehead atoms. The minimum atomic E-state index is -0.613. The highest BCUT2D eigenvalue weighted by Crippen LogP contribution is 2.46. The number of nitrogens with zero attached hydrogens (tertiary/aromatic N) is 3. The molecule has 5 rings (SSSR count). The molecule has 1 aromatic carbocycles. The molecule has 0 aliphatic heterocycles. The van der Waals surface area contributed by atoms with Crippen LogP contribution in [0, 0.1) is 6.92 Å². The second-order valence-electron chi connectivity index (χ2n) is 8.25. The van der Waals surface area contributed by atoms with Crippen LogP contribution in [-0.2, 0) is 24.6 Å². The van der Waals surface area contributed by atoms with Crippen LogP contribution in [0.15, 0.2) is 36.7 Å². The largest absolute Gasteiger partial charge is 0.510 e. The van der Waals surface area contributed by atoms with Crippen LogP contribution in [0.3, 0.4) is 0 Å². The average molecular weight is 434 g/mol. The fourth-order valence-electron chi connectivity index (χ4n) is 4.85. The average Bonchev–Trinajstić information content (AvgIpc) is 3.31. The molecule has 0 unspecified atom stereocenters. The third-order valence-electron chi connectivity index (χ3n) is 6.27. The molecule has 1 aliphatic carbocycles. The van der Waals surface area contributed by atoms with E-state index in [1.807, 2.05) is 43.1 Å². The molecule has 1 N–H and O–H groups in total. The van der Waals surface area contributed by atoms with Crippen LogP contribution in [0.5, 0.6) is 0 Å². The van der Waals surface area contributed by atoms with Crippen LogP contribution in [0.4, 0.5) is 0 Å². The number of ether oxygens (including phenoxy) is 1. The van der Waals surface area contributed by atoms with Crippen LogP contribution >= 0.6 is 11.3 Å². The van der Waals surface area contributed by atoms with Crippen molar-refractivity contribution in [3.63, 3.8) is 0 Å². The van der Waals surface area contributed by atoms with E-state index in [0.717, 1.165) is 51.0 Å². The molecule has 160 valence electrons. The van der Waals surface area contributed by atoms with Crippen molar-refractivity contribution in [2.24, 2.45) is 7.05 Å². The van der Waals surface area contributed by atoms with Gasteiger partial charge >= 0.3 is 0 Å². The first-order valence-corrected chi connectivity index (χ1v) is 11.7. The highest BCUT2D eigenvalue weighted by Gasteiger charge is 2.29. The lowest BCUT2D eigenvalue weighted by atomic mass is 9.87. The van der Waals surface area contributed by atoms with Gasteiger partial charge in [0.15, 0.2) is 0 Å². The van der Waals surface area contributed by atoms with Crippen LogP contribution in [0.2, 0.25) is 0 Å². The summed E-state index contributed by atoms with van der Waals surface area (Å²) in [5.74, 6) is 0.0121. The highest BCUT2D eigenvalue weighted by molar-refractivity contribution is 7.19. The maximum atomic E-state index is 10.5. The number of hydrogen-bond donors (Lipinski definition) is 1. The van der Waals surface area contributed by atoms with Gasteiger partial charge in [-0.15, -0.1) is 11.3 Å². The molecule has 31 heavy (non-hydrogen) atoms. The van der Waals surface area contributed by atoms with Crippen molar-refractivity contribution in [1.82, 2.24) is 14.8 Å². The Hall–Kier alpha value is -2.70. The number of aliphatic hydroxyl groups is 1. The third kappa shape index (κ3) is 3.25. The van der Waals surface area contributed by atoms with Crippen molar-refractivity contribution < 1.29 is 9.84 Å². The molecule has 3 heterocycles. The molecule has 5 nitrogen and oxygen atoms in total. The lowest BCUT2D eigenvalue weighted by Crippen LogP contribution is -2.12. The normalized spacial score (nSPS) is 14.8. The van der Waals surface area contributed by atoms with Gasteiger partial charge in [-0.1, -0.05) is 18.7 Å². The van der Waals surface area contributed by atoms with Crippen molar-refractivity contribution in [2.45, 2.75) is 45.6 Å². The van der Waals surface area contributed by atoms with Crippen molar-refractivity contribution in [3.8, 4) is 11.1 Å². The Balaban J connectivity index is 1.90. The fraction of sp³-hybridized carbons (Fsp3) is 0.360. The zero-order chi connectivity index (χ0) is 21.7. The molecule has 0 saturated carbocycles. The van der Waals surface area contributed by atoms with E-state index in [-0.39, 0.29) is 5.76 Å². The predicted molar refractivity (Wildman–Crippen MR) is 127 cm³/mol. The molecule has 0 spiro atoms. The second kappa shape index (κ2) is 7.77. The number of benzene rings is 1. The summed E-state index contributed by atoms with van der Waals surface area (Å²) in [6.45, 7) is 8.25. The zero-order valence-corrected chi connectivity index (χ0v) is 19.1. The quantitative estimate of drug-likeness (QED) is 0.381. The van der Waals surface area contributed by atoms with Gasteiger partial charge in [-0.05, 0) is 56.7 Å². The lowest BCUT2D eigenvalue weighted by molar-refractivity contribution is 0.0580. The third-order valence-corrected chi connectivity index (χ3v) is 7.45. The van der Waals surface area contributed by atoms with E-state index in [2.05, 4.69) is 29.9 Å². The molecule has 0 fully saturated rings. The van der Waals surface area contributed by atoms with Gasteiger partial charge in [-0.2, -0.15) is 5.10 Å². The topological polar surface area (TPSA) is 60.2 Å². The van der Waals surface area contributed by atoms with E-state index in [0.29, 0.717) is 6.61 Å². The standard InChI is InChI=1S/C25H27N3O2S/c1-5-30-24(15(3)29)21-14(2)27-25-23(18-8-6-7-9-20(18)31-25)22(21)16-10-11-17-13-26-28(4)19(17)12-16/h10-13,24,29H,3,5-9H2,1-2,4H3/t24-/m1/s1. The summed E-state index contributed by atoms with van der Waals surface area (Å²) < 4.78 is 7.90.